The normalized spacial score (nSPS) is 9.54. The van der Waals surface area contributed by atoms with E-state index in [1.54, 1.807) is 6.92 Å². The Morgan fingerprint density at radius 2 is 1.92 bits per heavy atom. The third kappa shape index (κ3) is 1.89. The van der Waals surface area contributed by atoms with Crippen LogP contribution >= 0.6 is 0 Å². The molecule has 0 aliphatic carbocycles. The molecule has 2 heteroatoms. The van der Waals surface area contributed by atoms with E-state index < -0.39 is 0 Å². The third-order valence-electron chi connectivity index (χ3n) is 1.83. The molecule has 0 atom stereocenters. The summed E-state index contributed by atoms with van der Waals surface area (Å²) in [5.74, 6) is -0.153. The number of benzene rings is 1. The van der Waals surface area contributed by atoms with E-state index in [4.69, 9.17) is 0 Å². The Morgan fingerprint density at radius 3 is 2.62 bits per heavy atom. The van der Waals surface area contributed by atoms with Gasteiger partial charge >= 0.3 is 0 Å². The van der Waals surface area contributed by atoms with Crippen LogP contribution in [0.25, 0.3) is 10.9 Å². The van der Waals surface area contributed by atoms with Gasteiger partial charge in [-0.05, 0) is 36.1 Å². The van der Waals surface area contributed by atoms with E-state index in [1.807, 2.05) is 32.2 Å². The van der Waals surface area contributed by atoms with E-state index in [1.165, 1.54) is 6.07 Å². The number of H-pyrrole nitrogens is 1. The van der Waals surface area contributed by atoms with Gasteiger partial charge in [-0.25, -0.2) is 4.39 Å². The van der Waals surface area contributed by atoms with Crippen LogP contribution in [-0.4, -0.2) is 4.98 Å². The smallest absolute Gasteiger partial charge is 0.128 e. The predicted octanol–water partition coefficient (Wildman–Crippen LogP) is 3.64. The van der Waals surface area contributed by atoms with E-state index in [2.05, 4.69) is 4.98 Å². The maximum absolute atomic E-state index is 12.9. The largest absolute Gasteiger partial charge is 0.361 e. The molecule has 0 aliphatic rings. The first-order valence-electron chi connectivity index (χ1n) is 4.50. The van der Waals surface area contributed by atoms with Gasteiger partial charge in [0.25, 0.3) is 0 Å². The number of halogens is 1. The second-order valence-corrected chi connectivity index (χ2v) is 2.67. The summed E-state index contributed by atoms with van der Waals surface area (Å²) in [5.41, 5.74) is 1.55. The molecule has 1 heterocycles. The fourth-order valence-corrected chi connectivity index (χ4v) is 1.19. The Morgan fingerprint density at radius 1 is 1.23 bits per heavy atom. The Bertz CT molecular complexity index is 354. The number of aromatic nitrogens is 1. The molecule has 0 saturated carbocycles. The first-order chi connectivity index (χ1) is 6.27. The number of fused-ring (bicyclic) bond motifs is 1. The van der Waals surface area contributed by atoms with Crippen molar-refractivity contribution in [3.8, 4) is 0 Å². The molecule has 70 valence electrons. The lowest BCUT2D eigenvalue weighted by Gasteiger charge is -1.94. The molecule has 2 rings (SSSR count). The van der Waals surface area contributed by atoms with Crippen LogP contribution in [0.3, 0.4) is 0 Å². The summed E-state index contributed by atoms with van der Waals surface area (Å²) in [5, 5.41) is 1.06. The molecular weight excluding hydrogens is 165 g/mol. The minimum Gasteiger partial charge on any atom is -0.361 e. The fraction of sp³-hybridized carbons (Fsp3) is 0.273. The zero-order chi connectivity index (χ0) is 9.84. The van der Waals surface area contributed by atoms with Crippen molar-refractivity contribution in [2.75, 3.05) is 0 Å². The van der Waals surface area contributed by atoms with E-state index in [0.29, 0.717) is 5.56 Å². The number of aryl methyl sites for hydroxylation is 1. The lowest BCUT2D eigenvalue weighted by molar-refractivity contribution is 0.620. The van der Waals surface area contributed by atoms with Crippen LogP contribution in [0, 0.1) is 12.7 Å². The first kappa shape index (κ1) is 9.78. The Balaban J connectivity index is 0.000000396. The summed E-state index contributed by atoms with van der Waals surface area (Å²) in [6, 6.07) is 5.29. The van der Waals surface area contributed by atoms with Crippen molar-refractivity contribution in [1.29, 1.82) is 0 Å². The Kier molecular flexibility index (Phi) is 3.07. The summed E-state index contributed by atoms with van der Waals surface area (Å²) in [6.45, 7) is 5.77. The molecule has 0 saturated heterocycles. The van der Waals surface area contributed by atoms with Gasteiger partial charge in [0.2, 0.25) is 0 Å². The topological polar surface area (TPSA) is 15.8 Å². The molecule has 0 spiro atoms. The maximum Gasteiger partial charge on any atom is 0.128 e. The van der Waals surface area contributed by atoms with Crippen LogP contribution in [0.1, 0.15) is 19.4 Å². The van der Waals surface area contributed by atoms with Gasteiger partial charge < -0.3 is 4.98 Å². The van der Waals surface area contributed by atoms with Crippen molar-refractivity contribution >= 4 is 10.9 Å². The quantitative estimate of drug-likeness (QED) is 0.635. The summed E-state index contributed by atoms with van der Waals surface area (Å²) in [6.07, 6.45) is 1.81. The molecule has 13 heavy (non-hydrogen) atoms. The van der Waals surface area contributed by atoms with Crippen LogP contribution in [0.15, 0.2) is 24.4 Å². The van der Waals surface area contributed by atoms with E-state index in [-0.39, 0.29) is 5.82 Å². The standard InChI is InChI=1S/C9H8FN.C2H6/c1-6-4-7-2-3-11-9(7)5-8(6)10;1-2/h2-5,11H,1H3;1-2H3. The average Bonchev–Trinajstić information content (AvgIpc) is 2.56. The number of hydrogen-bond donors (Lipinski definition) is 1. The highest BCUT2D eigenvalue weighted by Gasteiger charge is 1.99. The predicted molar refractivity (Wildman–Crippen MR) is 54.3 cm³/mol. The number of nitrogens with one attached hydrogen (secondary N) is 1. The maximum atomic E-state index is 12.9. The van der Waals surface area contributed by atoms with Crippen LogP contribution < -0.4 is 0 Å². The summed E-state index contributed by atoms with van der Waals surface area (Å²) in [7, 11) is 0. The van der Waals surface area contributed by atoms with Crippen molar-refractivity contribution in [1.82, 2.24) is 4.98 Å². The molecule has 1 N–H and O–H groups in total. The second kappa shape index (κ2) is 4.08. The van der Waals surface area contributed by atoms with Gasteiger partial charge in [0.15, 0.2) is 0 Å². The SMILES string of the molecule is CC.Cc1cc2cc[nH]c2cc1F. The molecule has 0 amide bonds. The lowest BCUT2D eigenvalue weighted by atomic mass is 10.2. The van der Waals surface area contributed by atoms with Gasteiger partial charge in [-0.1, -0.05) is 13.8 Å². The fourth-order valence-electron chi connectivity index (χ4n) is 1.19. The summed E-state index contributed by atoms with van der Waals surface area (Å²) in [4.78, 5) is 2.95. The first-order valence-corrected chi connectivity index (χ1v) is 4.50. The minimum atomic E-state index is -0.153. The molecule has 1 aromatic heterocycles. The molecule has 0 unspecified atom stereocenters. The Labute approximate surface area is 77.6 Å². The van der Waals surface area contributed by atoms with Crippen LogP contribution in [0.2, 0.25) is 0 Å². The zero-order valence-electron chi connectivity index (χ0n) is 8.19. The molecule has 2 aromatic rings. The van der Waals surface area contributed by atoms with Crippen molar-refractivity contribution in [3.05, 3.63) is 35.8 Å². The molecule has 0 fully saturated rings. The molecular formula is C11H14FN. The number of hydrogen-bond acceptors (Lipinski definition) is 0. The zero-order valence-corrected chi connectivity index (χ0v) is 8.19. The molecule has 1 aromatic carbocycles. The highest BCUT2D eigenvalue weighted by atomic mass is 19.1. The highest BCUT2D eigenvalue weighted by molar-refractivity contribution is 5.79. The van der Waals surface area contributed by atoms with Gasteiger partial charge in [-0.3, -0.25) is 0 Å². The molecule has 0 radical (unpaired) electrons. The van der Waals surface area contributed by atoms with Gasteiger partial charge in [0.1, 0.15) is 5.82 Å². The average molecular weight is 179 g/mol. The van der Waals surface area contributed by atoms with Crippen molar-refractivity contribution in [2.45, 2.75) is 20.8 Å². The summed E-state index contributed by atoms with van der Waals surface area (Å²) < 4.78 is 12.9. The van der Waals surface area contributed by atoms with Gasteiger partial charge in [0.05, 0.1) is 0 Å². The van der Waals surface area contributed by atoms with Gasteiger partial charge in [-0.15, -0.1) is 0 Å². The highest BCUT2D eigenvalue weighted by Crippen LogP contribution is 2.16. The second-order valence-electron chi connectivity index (χ2n) is 2.67. The van der Waals surface area contributed by atoms with Gasteiger partial charge in [-0.2, -0.15) is 0 Å². The number of rotatable bonds is 0. The lowest BCUT2D eigenvalue weighted by Crippen LogP contribution is -1.80. The monoisotopic (exact) mass is 179 g/mol. The van der Waals surface area contributed by atoms with Crippen LogP contribution in [-0.2, 0) is 0 Å². The van der Waals surface area contributed by atoms with E-state index >= 15 is 0 Å². The van der Waals surface area contributed by atoms with Crippen LogP contribution in [0.4, 0.5) is 4.39 Å². The number of aromatic amines is 1. The third-order valence-corrected chi connectivity index (χ3v) is 1.83. The Hall–Kier alpha value is -1.31. The van der Waals surface area contributed by atoms with E-state index in [0.717, 1.165) is 10.9 Å². The molecule has 1 nitrogen and oxygen atoms in total. The molecule has 0 aliphatic heterocycles. The van der Waals surface area contributed by atoms with Crippen molar-refractivity contribution in [3.63, 3.8) is 0 Å². The van der Waals surface area contributed by atoms with Crippen molar-refractivity contribution < 1.29 is 4.39 Å². The van der Waals surface area contributed by atoms with Crippen molar-refractivity contribution in [2.24, 2.45) is 0 Å². The minimum absolute atomic E-state index is 0.153. The molecule has 0 bridgehead atoms. The van der Waals surface area contributed by atoms with Crippen LogP contribution in [0.5, 0.6) is 0 Å². The van der Waals surface area contributed by atoms with E-state index in [9.17, 15) is 4.39 Å². The summed E-state index contributed by atoms with van der Waals surface area (Å²) >= 11 is 0. The van der Waals surface area contributed by atoms with Gasteiger partial charge in [0, 0.05) is 11.7 Å².